The number of halogens is 1. The van der Waals surface area contributed by atoms with Crippen molar-refractivity contribution < 1.29 is 9.84 Å². The van der Waals surface area contributed by atoms with Gasteiger partial charge in [-0.15, -0.1) is 0 Å². The van der Waals surface area contributed by atoms with E-state index in [0.29, 0.717) is 17.4 Å². The highest BCUT2D eigenvalue weighted by molar-refractivity contribution is 6.32. The van der Waals surface area contributed by atoms with E-state index in [9.17, 15) is 5.11 Å². The number of pyridine rings is 1. The van der Waals surface area contributed by atoms with Crippen molar-refractivity contribution in [1.29, 1.82) is 0 Å². The maximum absolute atomic E-state index is 9.44. The molecule has 1 aromatic heterocycles. The number of benzene rings is 1. The summed E-state index contributed by atoms with van der Waals surface area (Å²) in [5, 5.41) is 9.93. The van der Waals surface area contributed by atoms with E-state index in [-0.39, 0.29) is 0 Å². The molecule has 0 spiro atoms. The Kier molecular flexibility index (Phi) is 4.18. The number of hydrogen-bond donors (Lipinski definition) is 1. The Morgan fingerprint density at radius 2 is 2.17 bits per heavy atom. The number of hydrogen-bond acceptors (Lipinski definition) is 3. The zero-order chi connectivity index (χ0) is 13.0. The molecule has 0 aliphatic carbocycles. The molecule has 4 heteroatoms. The van der Waals surface area contributed by atoms with Crippen LogP contribution in [0.15, 0.2) is 42.6 Å². The van der Waals surface area contributed by atoms with E-state index in [1.807, 2.05) is 18.2 Å². The van der Waals surface area contributed by atoms with Crippen LogP contribution in [0, 0.1) is 0 Å². The van der Waals surface area contributed by atoms with Gasteiger partial charge in [0, 0.05) is 6.20 Å². The van der Waals surface area contributed by atoms with Crippen LogP contribution >= 0.6 is 11.6 Å². The lowest BCUT2D eigenvalue weighted by Crippen LogP contribution is -1.99. The predicted octanol–water partition coefficient (Wildman–Crippen LogP) is 3.37. The maximum Gasteiger partial charge on any atom is 0.138 e. The van der Waals surface area contributed by atoms with Gasteiger partial charge in [0.05, 0.1) is 16.8 Å². The summed E-state index contributed by atoms with van der Waals surface area (Å²) in [7, 11) is 0. The van der Waals surface area contributed by atoms with Crippen molar-refractivity contribution in [3.63, 3.8) is 0 Å². The molecule has 2 rings (SSSR count). The molecule has 0 aliphatic rings. The van der Waals surface area contributed by atoms with Gasteiger partial charge in [0.15, 0.2) is 0 Å². The monoisotopic (exact) mass is 263 g/mol. The smallest absolute Gasteiger partial charge is 0.138 e. The van der Waals surface area contributed by atoms with Gasteiger partial charge in [0.25, 0.3) is 0 Å². The molecule has 0 bridgehead atoms. The molecule has 1 aromatic carbocycles. The van der Waals surface area contributed by atoms with Crippen molar-refractivity contribution in [3.05, 3.63) is 58.9 Å². The molecule has 1 heterocycles. The maximum atomic E-state index is 9.44. The highest BCUT2D eigenvalue weighted by Crippen LogP contribution is 2.28. The molecule has 0 saturated heterocycles. The molecule has 1 unspecified atom stereocenters. The molecule has 94 valence electrons. The first-order chi connectivity index (χ1) is 8.66. The van der Waals surface area contributed by atoms with Crippen LogP contribution in [0.5, 0.6) is 5.75 Å². The SMILES string of the molecule is CC(O)c1ccc(OCc2ccccn2)c(Cl)c1. The van der Waals surface area contributed by atoms with E-state index in [0.717, 1.165) is 11.3 Å². The number of aromatic nitrogens is 1. The standard InChI is InChI=1S/C14H14ClNO2/c1-10(17)11-5-6-14(13(15)8-11)18-9-12-4-2-3-7-16-12/h2-8,10,17H,9H2,1H3. The number of ether oxygens (including phenoxy) is 1. The van der Waals surface area contributed by atoms with Gasteiger partial charge in [0.1, 0.15) is 12.4 Å². The third-order valence-electron chi connectivity index (χ3n) is 2.54. The van der Waals surface area contributed by atoms with Crippen molar-refractivity contribution in [2.45, 2.75) is 19.6 Å². The second-order valence-corrected chi connectivity index (χ2v) is 4.38. The van der Waals surface area contributed by atoms with Crippen LogP contribution in [0.1, 0.15) is 24.3 Å². The molecule has 0 fully saturated rings. The van der Waals surface area contributed by atoms with E-state index in [4.69, 9.17) is 16.3 Å². The number of aliphatic hydroxyl groups excluding tert-OH is 1. The predicted molar refractivity (Wildman–Crippen MR) is 70.7 cm³/mol. The number of nitrogens with zero attached hydrogens (tertiary/aromatic N) is 1. The van der Waals surface area contributed by atoms with Gasteiger partial charge in [-0.1, -0.05) is 23.7 Å². The molecule has 0 saturated carbocycles. The van der Waals surface area contributed by atoms with Gasteiger partial charge in [0.2, 0.25) is 0 Å². The second-order valence-electron chi connectivity index (χ2n) is 3.98. The molecule has 1 N–H and O–H groups in total. The van der Waals surface area contributed by atoms with Crippen molar-refractivity contribution in [3.8, 4) is 5.75 Å². The normalized spacial score (nSPS) is 12.2. The largest absolute Gasteiger partial charge is 0.486 e. The summed E-state index contributed by atoms with van der Waals surface area (Å²) < 4.78 is 5.58. The van der Waals surface area contributed by atoms with Gasteiger partial charge in [-0.2, -0.15) is 0 Å². The lowest BCUT2D eigenvalue weighted by atomic mass is 10.1. The first-order valence-corrected chi connectivity index (χ1v) is 6.05. The highest BCUT2D eigenvalue weighted by atomic mass is 35.5. The summed E-state index contributed by atoms with van der Waals surface area (Å²) in [4.78, 5) is 4.16. The summed E-state index contributed by atoms with van der Waals surface area (Å²) in [6, 6.07) is 10.9. The summed E-state index contributed by atoms with van der Waals surface area (Å²) in [5.41, 5.74) is 1.61. The molecule has 1 atom stereocenters. The fourth-order valence-corrected chi connectivity index (χ4v) is 1.77. The summed E-state index contributed by atoms with van der Waals surface area (Å²) in [6.07, 6.45) is 1.18. The Morgan fingerprint density at radius 1 is 1.33 bits per heavy atom. The zero-order valence-electron chi connectivity index (χ0n) is 10.0. The van der Waals surface area contributed by atoms with E-state index < -0.39 is 6.10 Å². The van der Waals surface area contributed by atoms with Crippen LogP contribution in [0.4, 0.5) is 0 Å². The average molecular weight is 264 g/mol. The van der Waals surface area contributed by atoms with Gasteiger partial charge in [-0.05, 0) is 36.8 Å². The topological polar surface area (TPSA) is 42.4 Å². The fourth-order valence-electron chi connectivity index (χ4n) is 1.53. The lowest BCUT2D eigenvalue weighted by Gasteiger charge is -2.10. The van der Waals surface area contributed by atoms with Crippen LogP contribution in [0.2, 0.25) is 5.02 Å². The first kappa shape index (κ1) is 12.9. The lowest BCUT2D eigenvalue weighted by molar-refractivity contribution is 0.199. The molecule has 0 radical (unpaired) electrons. The van der Waals surface area contributed by atoms with Crippen LogP contribution in [0.25, 0.3) is 0 Å². The van der Waals surface area contributed by atoms with Gasteiger partial charge in [-0.3, -0.25) is 4.98 Å². The molecule has 2 aromatic rings. The Labute approximate surface area is 111 Å². The Bertz CT molecular complexity index is 514. The van der Waals surface area contributed by atoms with Gasteiger partial charge < -0.3 is 9.84 Å². The van der Waals surface area contributed by atoms with E-state index in [2.05, 4.69) is 4.98 Å². The second kappa shape index (κ2) is 5.85. The van der Waals surface area contributed by atoms with Crippen LogP contribution < -0.4 is 4.74 Å². The first-order valence-electron chi connectivity index (χ1n) is 5.67. The van der Waals surface area contributed by atoms with Gasteiger partial charge >= 0.3 is 0 Å². The molecule has 0 aliphatic heterocycles. The summed E-state index contributed by atoms with van der Waals surface area (Å²) in [5.74, 6) is 0.590. The van der Waals surface area contributed by atoms with E-state index in [1.165, 1.54) is 0 Å². The van der Waals surface area contributed by atoms with Crippen molar-refractivity contribution in [1.82, 2.24) is 4.98 Å². The number of aliphatic hydroxyl groups is 1. The van der Waals surface area contributed by atoms with Crippen LogP contribution in [0.3, 0.4) is 0 Å². The molecule has 18 heavy (non-hydrogen) atoms. The fraction of sp³-hybridized carbons (Fsp3) is 0.214. The van der Waals surface area contributed by atoms with Crippen LogP contribution in [-0.2, 0) is 6.61 Å². The molecular weight excluding hydrogens is 250 g/mol. The third kappa shape index (κ3) is 3.22. The Hall–Kier alpha value is -1.58. The minimum atomic E-state index is -0.535. The highest BCUT2D eigenvalue weighted by Gasteiger charge is 2.06. The summed E-state index contributed by atoms with van der Waals surface area (Å²) in [6.45, 7) is 2.06. The average Bonchev–Trinajstić information content (AvgIpc) is 2.38. The Morgan fingerprint density at radius 3 is 2.78 bits per heavy atom. The quantitative estimate of drug-likeness (QED) is 0.920. The minimum absolute atomic E-state index is 0.370. The minimum Gasteiger partial charge on any atom is -0.486 e. The third-order valence-corrected chi connectivity index (χ3v) is 2.84. The summed E-state index contributed by atoms with van der Waals surface area (Å²) >= 11 is 6.08. The van der Waals surface area contributed by atoms with E-state index >= 15 is 0 Å². The molecular formula is C14H14ClNO2. The van der Waals surface area contributed by atoms with E-state index in [1.54, 1.807) is 31.3 Å². The zero-order valence-corrected chi connectivity index (χ0v) is 10.8. The number of rotatable bonds is 4. The van der Waals surface area contributed by atoms with Crippen molar-refractivity contribution in [2.24, 2.45) is 0 Å². The molecule has 0 amide bonds. The van der Waals surface area contributed by atoms with Crippen molar-refractivity contribution in [2.75, 3.05) is 0 Å². The molecule has 3 nitrogen and oxygen atoms in total. The van der Waals surface area contributed by atoms with Crippen molar-refractivity contribution >= 4 is 11.6 Å². The van der Waals surface area contributed by atoms with Crippen LogP contribution in [-0.4, -0.2) is 10.1 Å². The Balaban J connectivity index is 2.06. The van der Waals surface area contributed by atoms with Gasteiger partial charge in [-0.25, -0.2) is 0 Å².